The van der Waals surface area contributed by atoms with E-state index < -0.39 is 0 Å². The maximum atomic E-state index is 5.26. The lowest BCUT2D eigenvalue weighted by atomic mass is 10.5. The Bertz CT molecular complexity index is 121. The van der Waals surface area contributed by atoms with Crippen molar-refractivity contribution in [3.05, 3.63) is 0 Å². The van der Waals surface area contributed by atoms with Crippen molar-refractivity contribution in [2.24, 2.45) is 0 Å². The molecule has 0 aromatic carbocycles. The molecule has 0 rings (SSSR count). The van der Waals surface area contributed by atoms with Crippen molar-refractivity contribution in [3.63, 3.8) is 0 Å². The van der Waals surface area contributed by atoms with Gasteiger partial charge in [0.15, 0.2) is 0 Å². The van der Waals surface area contributed by atoms with Crippen molar-refractivity contribution >= 4 is 0 Å². The van der Waals surface area contributed by atoms with Crippen LogP contribution in [0.4, 0.5) is 0 Å². The van der Waals surface area contributed by atoms with Crippen molar-refractivity contribution in [1.29, 1.82) is 0 Å². The minimum absolute atomic E-state index is 0.380. The Hall–Kier alpha value is -0.200. The molecule has 0 N–H and O–H groups in total. The maximum Gasteiger partial charge on any atom is 0.146 e. The van der Waals surface area contributed by atoms with Crippen molar-refractivity contribution in [3.8, 4) is 0 Å². The van der Waals surface area contributed by atoms with E-state index in [2.05, 4.69) is 4.90 Å². The van der Waals surface area contributed by atoms with Crippen LogP contribution in [0.1, 0.15) is 13.8 Å². The molecule has 0 amide bonds. The highest BCUT2D eigenvalue weighted by atomic mass is 16.7. The molecule has 0 aliphatic carbocycles. The summed E-state index contributed by atoms with van der Waals surface area (Å²) < 4.78 is 20.6. The van der Waals surface area contributed by atoms with Gasteiger partial charge in [-0.3, -0.25) is 0 Å². The van der Waals surface area contributed by atoms with Crippen LogP contribution < -0.4 is 0 Å². The van der Waals surface area contributed by atoms with Gasteiger partial charge in [-0.1, -0.05) is 0 Å². The molecule has 0 heterocycles. The molecule has 0 atom stereocenters. The van der Waals surface area contributed by atoms with Gasteiger partial charge in [-0.2, -0.15) is 0 Å². The molecule has 0 bridgehead atoms. The summed E-state index contributed by atoms with van der Waals surface area (Å²) in [7, 11) is 2.04. The van der Waals surface area contributed by atoms with E-state index in [0.717, 1.165) is 13.1 Å². The van der Waals surface area contributed by atoms with E-state index >= 15 is 0 Å². The molecule has 0 aliphatic rings. The first kappa shape index (κ1) is 15.8. The molecule has 98 valence electrons. The molecular formula is C11H25NO4. The average molecular weight is 235 g/mol. The zero-order valence-electron chi connectivity index (χ0n) is 10.7. The highest BCUT2D eigenvalue weighted by molar-refractivity contribution is 4.48. The minimum atomic E-state index is 0.380. The molecule has 0 unspecified atom stereocenters. The van der Waals surface area contributed by atoms with Gasteiger partial charge in [0, 0.05) is 26.3 Å². The molecule has 0 fully saturated rings. The first-order chi connectivity index (χ1) is 7.81. The van der Waals surface area contributed by atoms with Crippen LogP contribution in [-0.4, -0.2) is 65.1 Å². The number of hydrogen-bond donors (Lipinski definition) is 0. The summed E-state index contributed by atoms with van der Waals surface area (Å²) in [4.78, 5) is 2.15. The highest BCUT2D eigenvalue weighted by Gasteiger charge is 1.98. The first-order valence-corrected chi connectivity index (χ1v) is 5.80. The number of hydrogen-bond acceptors (Lipinski definition) is 5. The second kappa shape index (κ2) is 12.9. The molecular weight excluding hydrogens is 210 g/mol. The Morgan fingerprint density at radius 1 is 0.750 bits per heavy atom. The first-order valence-electron chi connectivity index (χ1n) is 5.80. The molecule has 0 aromatic rings. The number of likely N-dealkylation sites (N-methyl/N-ethyl adjacent to an activating group) is 1. The van der Waals surface area contributed by atoms with Crippen LogP contribution >= 0.6 is 0 Å². The lowest BCUT2D eigenvalue weighted by molar-refractivity contribution is -0.0624. The van der Waals surface area contributed by atoms with Crippen LogP contribution in [-0.2, 0) is 18.9 Å². The Morgan fingerprint density at radius 2 is 1.19 bits per heavy atom. The monoisotopic (exact) mass is 235 g/mol. The van der Waals surface area contributed by atoms with Gasteiger partial charge in [0.2, 0.25) is 0 Å². The summed E-state index contributed by atoms with van der Waals surface area (Å²) >= 11 is 0. The number of nitrogens with zero attached hydrogens (tertiary/aromatic N) is 1. The van der Waals surface area contributed by atoms with Crippen LogP contribution in [0.3, 0.4) is 0 Å². The molecule has 0 aromatic heterocycles. The van der Waals surface area contributed by atoms with Crippen LogP contribution in [0.2, 0.25) is 0 Å². The maximum absolute atomic E-state index is 5.26. The quantitative estimate of drug-likeness (QED) is 0.372. The van der Waals surface area contributed by atoms with E-state index in [1.807, 2.05) is 20.9 Å². The third-order valence-corrected chi connectivity index (χ3v) is 1.98. The molecule has 5 heteroatoms. The molecule has 0 aliphatic heterocycles. The largest absolute Gasteiger partial charge is 0.356 e. The molecule has 0 saturated heterocycles. The summed E-state index contributed by atoms with van der Waals surface area (Å²) in [5.41, 5.74) is 0. The zero-order chi connectivity index (χ0) is 12.1. The fourth-order valence-electron chi connectivity index (χ4n) is 0.955. The summed E-state index contributed by atoms with van der Waals surface area (Å²) in [6.45, 7) is 9.18. The van der Waals surface area contributed by atoms with Gasteiger partial charge in [-0.25, -0.2) is 0 Å². The third kappa shape index (κ3) is 11.9. The standard InChI is InChI=1S/C11H25NO4/c1-4-13-10-15-8-6-12(3)7-9-16-11-14-5-2/h4-11H2,1-3H3. The van der Waals surface area contributed by atoms with Crippen molar-refractivity contribution in [2.75, 3.05) is 60.2 Å². The fourth-order valence-corrected chi connectivity index (χ4v) is 0.955. The van der Waals surface area contributed by atoms with E-state index in [-0.39, 0.29) is 0 Å². The summed E-state index contributed by atoms with van der Waals surface area (Å²) in [6, 6.07) is 0. The Balaban J connectivity index is 3.09. The normalized spacial score (nSPS) is 11.2. The van der Waals surface area contributed by atoms with Crippen molar-refractivity contribution in [2.45, 2.75) is 13.8 Å². The van der Waals surface area contributed by atoms with Gasteiger partial charge in [0.1, 0.15) is 13.6 Å². The van der Waals surface area contributed by atoms with Crippen LogP contribution in [0, 0.1) is 0 Å². The Kier molecular flexibility index (Phi) is 12.7. The van der Waals surface area contributed by atoms with Gasteiger partial charge >= 0.3 is 0 Å². The topological polar surface area (TPSA) is 40.2 Å². The van der Waals surface area contributed by atoms with E-state index in [1.54, 1.807) is 0 Å². The van der Waals surface area contributed by atoms with Gasteiger partial charge in [-0.05, 0) is 20.9 Å². The fraction of sp³-hybridized carbons (Fsp3) is 1.00. The highest BCUT2D eigenvalue weighted by Crippen LogP contribution is 1.86. The second-order valence-electron chi connectivity index (χ2n) is 3.34. The molecule has 0 spiro atoms. The van der Waals surface area contributed by atoms with Crippen LogP contribution in [0.15, 0.2) is 0 Å². The van der Waals surface area contributed by atoms with E-state index in [9.17, 15) is 0 Å². The Morgan fingerprint density at radius 3 is 1.56 bits per heavy atom. The van der Waals surface area contributed by atoms with Gasteiger partial charge in [-0.15, -0.1) is 0 Å². The van der Waals surface area contributed by atoms with Gasteiger partial charge in [0.25, 0.3) is 0 Å². The van der Waals surface area contributed by atoms with Crippen LogP contribution in [0.25, 0.3) is 0 Å². The Labute approximate surface area is 98.6 Å². The second-order valence-corrected chi connectivity index (χ2v) is 3.34. The minimum Gasteiger partial charge on any atom is -0.356 e. The SMILES string of the molecule is CCOCOCCN(C)CCOCOCC. The molecule has 0 radical (unpaired) electrons. The summed E-state index contributed by atoms with van der Waals surface area (Å²) in [5, 5.41) is 0. The third-order valence-electron chi connectivity index (χ3n) is 1.98. The van der Waals surface area contributed by atoms with E-state index in [0.29, 0.717) is 40.0 Å². The number of rotatable bonds is 12. The lowest BCUT2D eigenvalue weighted by Crippen LogP contribution is -2.27. The lowest BCUT2D eigenvalue weighted by Gasteiger charge is -2.16. The van der Waals surface area contributed by atoms with E-state index in [1.165, 1.54) is 0 Å². The predicted molar refractivity (Wildman–Crippen MR) is 62.4 cm³/mol. The zero-order valence-corrected chi connectivity index (χ0v) is 10.7. The molecule has 16 heavy (non-hydrogen) atoms. The smallest absolute Gasteiger partial charge is 0.146 e. The van der Waals surface area contributed by atoms with Crippen LogP contribution in [0.5, 0.6) is 0 Å². The van der Waals surface area contributed by atoms with Crippen molar-refractivity contribution in [1.82, 2.24) is 4.90 Å². The van der Waals surface area contributed by atoms with Gasteiger partial charge in [0.05, 0.1) is 13.2 Å². The van der Waals surface area contributed by atoms with E-state index in [4.69, 9.17) is 18.9 Å². The average Bonchev–Trinajstić information content (AvgIpc) is 2.28. The predicted octanol–water partition coefficient (Wildman–Crippen LogP) is 0.939. The summed E-state index contributed by atoms with van der Waals surface area (Å²) in [6.07, 6.45) is 0. The number of ether oxygens (including phenoxy) is 4. The van der Waals surface area contributed by atoms with Crippen molar-refractivity contribution < 1.29 is 18.9 Å². The molecule has 5 nitrogen and oxygen atoms in total. The van der Waals surface area contributed by atoms with Gasteiger partial charge < -0.3 is 23.8 Å². The molecule has 0 saturated carbocycles. The summed E-state index contributed by atoms with van der Waals surface area (Å²) in [5.74, 6) is 0.